The summed E-state index contributed by atoms with van der Waals surface area (Å²) < 4.78 is 5.35. The molecule has 3 heterocycles. The van der Waals surface area contributed by atoms with E-state index in [-0.39, 0.29) is 18.2 Å². The van der Waals surface area contributed by atoms with Gasteiger partial charge in [0.25, 0.3) is 5.91 Å². The van der Waals surface area contributed by atoms with Crippen LogP contribution in [0.1, 0.15) is 17.7 Å². The van der Waals surface area contributed by atoms with E-state index in [4.69, 9.17) is 4.74 Å². The molecule has 142 valence electrons. The molecule has 1 aromatic heterocycles. The molecule has 0 aliphatic carbocycles. The predicted molar refractivity (Wildman–Crippen MR) is 106 cm³/mol. The fourth-order valence-corrected chi connectivity index (χ4v) is 4.38. The van der Waals surface area contributed by atoms with Crippen LogP contribution in [0.2, 0.25) is 0 Å². The molecule has 6 nitrogen and oxygen atoms in total. The minimum atomic E-state index is -0.401. The van der Waals surface area contributed by atoms with Gasteiger partial charge in [-0.05, 0) is 42.3 Å². The average molecular weight is 375 g/mol. The number of para-hydroxylation sites is 1. The number of imide groups is 1. The van der Waals surface area contributed by atoms with Crippen LogP contribution in [0.15, 0.2) is 48.5 Å². The van der Waals surface area contributed by atoms with E-state index >= 15 is 0 Å². The number of carbonyl (C=O) groups excluding carboxylic acids is 2. The number of nitrogens with one attached hydrogen (secondary N) is 1. The van der Waals surface area contributed by atoms with Crippen molar-refractivity contribution in [1.82, 2.24) is 9.88 Å². The summed E-state index contributed by atoms with van der Waals surface area (Å²) in [5, 5.41) is 1.17. The molecule has 0 saturated carbocycles. The Morgan fingerprint density at radius 1 is 1.11 bits per heavy atom. The largest absolute Gasteiger partial charge is 0.497 e. The van der Waals surface area contributed by atoms with E-state index in [1.807, 2.05) is 30.3 Å². The molecule has 2 amide bonds. The lowest BCUT2D eigenvalue weighted by Gasteiger charge is -2.30. The molecule has 3 aromatic rings. The maximum Gasteiger partial charge on any atom is 0.251 e. The zero-order valence-electron chi connectivity index (χ0n) is 15.6. The van der Waals surface area contributed by atoms with Gasteiger partial charge in [0.1, 0.15) is 5.75 Å². The van der Waals surface area contributed by atoms with Crippen molar-refractivity contribution in [3.05, 3.63) is 59.8 Å². The van der Waals surface area contributed by atoms with Crippen LogP contribution in [0.5, 0.6) is 5.75 Å². The highest BCUT2D eigenvalue weighted by atomic mass is 16.5. The Labute approximate surface area is 162 Å². The standard InChI is InChI=1S/C22H21N3O3/c1-28-15-7-8-18-17(11-15)16-9-10-24(13-19(16)23-18)20-12-21(26)25(22(20)27)14-5-3-2-4-6-14/h2-8,11,20,23H,9-10,12-13H2,1H3/t20-/m1/s1. The summed E-state index contributed by atoms with van der Waals surface area (Å²) in [6, 6.07) is 14.8. The van der Waals surface area contributed by atoms with Crippen molar-refractivity contribution < 1.29 is 14.3 Å². The zero-order chi connectivity index (χ0) is 19.3. The van der Waals surface area contributed by atoms with Crippen LogP contribution in [0.4, 0.5) is 5.69 Å². The Balaban J connectivity index is 1.42. The summed E-state index contributed by atoms with van der Waals surface area (Å²) in [6.45, 7) is 1.39. The number of methoxy groups -OCH3 is 1. The molecular formula is C22H21N3O3. The van der Waals surface area contributed by atoms with E-state index in [2.05, 4.69) is 16.0 Å². The normalized spacial score (nSPS) is 20.0. The third-order valence-corrected chi connectivity index (χ3v) is 5.79. The summed E-state index contributed by atoms with van der Waals surface area (Å²) in [5.74, 6) is 0.581. The first kappa shape index (κ1) is 17.0. The molecule has 0 radical (unpaired) electrons. The van der Waals surface area contributed by atoms with Gasteiger partial charge in [-0.15, -0.1) is 0 Å². The van der Waals surface area contributed by atoms with Gasteiger partial charge >= 0.3 is 0 Å². The minimum Gasteiger partial charge on any atom is -0.497 e. The number of aromatic nitrogens is 1. The first-order valence-electron chi connectivity index (χ1n) is 9.49. The Morgan fingerprint density at radius 2 is 1.93 bits per heavy atom. The molecule has 0 bridgehead atoms. The SMILES string of the molecule is COc1ccc2[nH]c3c(c2c1)CCN([C@@H]1CC(=O)N(c2ccccc2)C1=O)C3. The summed E-state index contributed by atoms with van der Waals surface area (Å²) in [6.07, 6.45) is 1.07. The molecule has 6 heteroatoms. The molecule has 5 rings (SSSR count). The highest BCUT2D eigenvalue weighted by Crippen LogP contribution is 2.33. The number of H-pyrrole nitrogens is 1. The van der Waals surface area contributed by atoms with E-state index in [9.17, 15) is 9.59 Å². The van der Waals surface area contributed by atoms with Gasteiger partial charge < -0.3 is 9.72 Å². The topological polar surface area (TPSA) is 65.6 Å². The van der Waals surface area contributed by atoms with Gasteiger partial charge in [-0.3, -0.25) is 14.5 Å². The van der Waals surface area contributed by atoms with Gasteiger partial charge in [-0.25, -0.2) is 4.90 Å². The summed E-state index contributed by atoms with van der Waals surface area (Å²) in [5.41, 5.74) is 4.12. The molecule has 28 heavy (non-hydrogen) atoms. The Hall–Kier alpha value is -3.12. The van der Waals surface area contributed by atoms with Crippen LogP contribution in [0.3, 0.4) is 0 Å². The molecular weight excluding hydrogens is 354 g/mol. The number of ether oxygens (including phenoxy) is 1. The zero-order valence-corrected chi connectivity index (χ0v) is 15.6. The van der Waals surface area contributed by atoms with Crippen molar-refractivity contribution in [2.75, 3.05) is 18.6 Å². The van der Waals surface area contributed by atoms with E-state index in [1.54, 1.807) is 19.2 Å². The summed E-state index contributed by atoms with van der Waals surface area (Å²) >= 11 is 0. The lowest BCUT2D eigenvalue weighted by atomic mass is 10.0. The van der Waals surface area contributed by atoms with Crippen molar-refractivity contribution in [2.45, 2.75) is 25.4 Å². The number of hydrogen-bond donors (Lipinski definition) is 1. The van der Waals surface area contributed by atoms with Crippen LogP contribution < -0.4 is 9.64 Å². The molecule has 0 spiro atoms. The van der Waals surface area contributed by atoms with Crippen molar-refractivity contribution in [2.24, 2.45) is 0 Å². The van der Waals surface area contributed by atoms with Gasteiger partial charge in [-0.1, -0.05) is 18.2 Å². The van der Waals surface area contributed by atoms with E-state index < -0.39 is 6.04 Å². The number of carbonyl (C=O) groups is 2. The maximum atomic E-state index is 13.0. The van der Waals surface area contributed by atoms with Gasteiger partial charge in [0.05, 0.1) is 25.3 Å². The minimum absolute atomic E-state index is 0.127. The maximum absolute atomic E-state index is 13.0. The average Bonchev–Trinajstić information content (AvgIpc) is 3.24. The number of aromatic amines is 1. The van der Waals surface area contributed by atoms with Crippen LogP contribution >= 0.6 is 0 Å². The molecule has 2 aliphatic heterocycles. The smallest absolute Gasteiger partial charge is 0.251 e. The van der Waals surface area contributed by atoms with E-state index in [0.717, 1.165) is 29.9 Å². The highest BCUT2D eigenvalue weighted by Gasteiger charge is 2.43. The van der Waals surface area contributed by atoms with Gasteiger partial charge in [0.2, 0.25) is 5.91 Å². The number of anilines is 1. The van der Waals surface area contributed by atoms with Crippen LogP contribution in [0.25, 0.3) is 10.9 Å². The quantitative estimate of drug-likeness (QED) is 0.715. The second-order valence-electron chi connectivity index (χ2n) is 7.34. The summed E-state index contributed by atoms with van der Waals surface area (Å²) in [7, 11) is 1.67. The Kier molecular flexibility index (Phi) is 3.94. The van der Waals surface area contributed by atoms with Crippen LogP contribution in [0, 0.1) is 0 Å². The second kappa shape index (κ2) is 6.49. The molecule has 1 N–H and O–H groups in total. The molecule has 2 aromatic carbocycles. The molecule has 2 aliphatic rings. The summed E-state index contributed by atoms with van der Waals surface area (Å²) in [4.78, 5) is 32.5. The molecule has 1 saturated heterocycles. The number of nitrogens with zero attached hydrogens (tertiary/aromatic N) is 2. The third kappa shape index (κ3) is 2.60. The predicted octanol–water partition coefficient (Wildman–Crippen LogP) is 2.87. The van der Waals surface area contributed by atoms with Crippen molar-refractivity contribution in [1.29, 1.82) is 0 Å². The van der Waals surface area contributed by atoms with Crippen LogP contribution in [-0.2, 0) is 22.6 Å². The van der Waals surface area contributed by atoms with E-state index in [1.165, 1.54) is 15.8 Å². The van der Waals surface area contributed by atoms with E-state index in [0.29, 0.717) is 12.2 Å². The first-order chi connectivity index (χ1) is 13.7. The van der Waals surface area contributed by atoms with Crippen molar-refractivity contribution in [3.8, 4) is 5.75 Å². The van der Waals surface area contributed by atoms with Gasteiger partial charge in [0.15, 0.2) is 0 Å². The first-order valence-corrected chi connectivity index (χ1v) is 9.49. The second-order valence-corrected chi connectivity index (χ2v) is 7.34. The van der Waals surface area contributed by atoms with Crippen molar-refractivity contribution in [3.63, 3.8) is 0 Å². The fraction of sp³-hybridized carbons (Fsp3) is 0.273. The third-order valence-electron chi connectivity index (χ3n) is 5.79. The molecule has 1 fully saturated rings. The number of amides is 2. The van der Waals surface area contributed by atoms with Crippen LogP contribution in [-0.4, -0.2) is 41.4 Å². The Bertz CT molecular complexity index is 1070. The molecule has 1 atom stereocenters. The molecule has 0 unspecified atom stereocenters. The number of hydrogen-bond acceptors (Lipinski definition) is 4. The number of fused-ring (bicyclic) bond motifs is 3. The van der Waals surface area contributed by atoms with Gasteiger partial charge in [-0.2, -0.15) is 0 Å². The number of benzene rings is 2. The number of rotatable bonds is 3. The van der Waals surface area contributed by atoms with Gasteiger partial charge in [0, 0.05) is 29.7 Å². The lowest BCUT2D eigenvalue weighted by molar-refractivity contribution is -0.123. The lowest BCUT2D eigenvalue weighted by Crippen LogP contribution is -2.44. The monoisotopic (exact) mass is 375 g/mol. The van der Waals surface area contributed by atoms with Crippen molar-refractivity contribution >= 4 is 28.4 Å². The highest BCUT2D eigenvalue weighted by molar-refractivity contribution is 6.22. The fourth-order valence-electron chi connectivity index (χ4n) is 4.38. The Morgan fingerprint density at radius 3 is 2.71 bits per heavy atom.